The molecule has 2 aromatic rings. The Labute approximate surface area is 213 Å². The van der Waals surface area contributed by atoms with Gasteiger partial charge in [0.15, 0.2) is 0 Å². The molecule has 0 amide bonds. The zero-order valence-electron chi connectivity index (χ0n) is 21.8. The maximum absolute atomic E-state index is 12.4. The summed E-state index contributed by atoms with van der Waals surface area (Å²) < 4.78 is 11.3. The van der Waals surface area contributed by atoms with Crippen LogP contribution < -0.4 is 0 Å². The lowest BCUT2D eigenvalue weighted by Crippen LogP contribution is -2.35. The molecule has 1 unspecified atom stereocenters. The Morgan fingerprint density at radius 2 is 1.29 bits per heavy atom. The number of carbonyl (C=O) groups excluding carboxylic acids is 1. The molecule has 0 aliphatic heterocycles. The number of hydrogen-bond donors (Lipinski definition) is 1. The molecule has 35 heavy (non-hydrogen) atoms. The van der Waals surface area contributed by atoms with E-state index in [1.165, 1.54) is 50.5 Å². The second kappa shape index (κ2) is 18.1. The van der Waals surface area contributed by atoms with Crippen LogP contribution in [-0.4, -0.2) is 29.9 Å². The number of aliphatic hydroxyl groups is 1. The first-order valence-electron chi connectivity index (χ1n) is 13.7. The zero-order chi connectivity index (χ0) is 25.0. The van der Waals surface area contributed by atoms with Gasteiger partial charge >= 0.3 is 5.97 Å². The highest BCUT2D eigenvalue weighted by Crippen LogP contribution is 2.24. The Bertz CT molecular complexity index is 777. The normalized spacial score (nSPS) is 12.9. The molecule has 0 saturated heterocycles. The third-order valence-corrected chi connectivity index (χ3v) is 6.52. The second-order valence-electron chi connectivity index (χ2n) is 9.74. The van der Waals surface area contributed by atoms with Crippen molar-refractivity contribution in [3.05, 3.63) is 71.8 Å². The van der Waals surface area contributed by atoms with Gasteiger partial charge in [0, 0.05) is 6.61 Å². The Hall–Kier alpha value is -2.17. The summed E-state index contributed by atoms with van der Waals surface area (Å²) in [5.41, 5.74) is 0.708. The molecule has 194 valence electrons. The molecule has 0 aliphatic carbocycles. The van der Waals surface area contributed by atoms with Gasteiger partial charge in [-0.25, -0.2) is 4.79 Å². The van der Waals surface area contributed by atoms with Crippen LogP contribution in [0.4, 0.5) is 0 Å². The summed E-state index contributed by atoms with van der Waals surface area (Å²) in [5, 5.41) is 11.3. The van der Waals surface area contributed by atoms with Crippen molar-refractivity contribution >= 4 is 5.97 Å². The summed E-state index contributed by atoms with van der Waals surface area (Å²) >= 11 is 0. The van der Waals surface area contributed by atoms with Gasteiger partial charge in [0.25, 0.3) is 0 Å². The highest BCUT2D eigenvalue weighted by atomic mass is 16.5. The van der Waals surface area contributed by atoms with Gasteiger partial charge in [-0.1, -0.05) is 113 Å². The molecule has 2 aromatic carbocycles. The number of carbonyl (C=O) groups is 1. The fourth-order valence-corrected chi connectivity index (χ4v) is 4.31. The third kappa shape index (κ3) is 13.5. The lowest BCUT2D eigenvalue weighted by Gasteiger charge is -2.28. The molecule has 0 saturated carbocycles. The zero-order valence-corrected chi connectivity index (χ0v) is 21.8. The molecule has 0 bridgehead atoms. The molecule has 0 radical (unpaired) electrons. The van der Waals surface area contributed by atoms with E-state index < -0.39 is 5.60 Å². The standard InChI is InChI=1S/C31H46O4/c1-2-3-4-5-6-7-8-9-16-23-31(33,27-35-30(32)29-21-14-11-15-22-29)24-17-18-25-34-26-28-19-12-10-13-20-28/h10-15,19-22,33H,2-9,16-18,23-27H2,1H3. The topological polar surface area (TPSA) is 55.8 Å². The molecule has 0 aliphatic rings. The molecule has 0 aromatic heterocycles. The summed E-state index contributed by atoms with van der Waals surface area (Å²) in [6.07, 6.45) is 14.1. The molecular formula is C31H46O4. The van der Waals surface area contributed by atoms with Crippen molar-refractivity contribution in [3.63, 3.8) is 0 Å². The van der Waals surface area contributed by atoms with Crippen LogP contribution in [0.2, 0.25) is 0 Å². The van der Waals surface area contributed by atoms with Gasteiger partial charge in [-0.15, -0.1) is 0 Å². The van der Waals surface area contributed by atoms with E-state index in [-0.39, 0.29) is 12.6 Å². The predicted molar refractivity (Wildman–Crippen MR) is 143 cm³/mol. The van der Waals surface area contributed by atoms with Crippen LogP contribution in [-0.2, 0) is 16.1 Å². The van der Waals surface area contributed by atoms with Crippen molar-refractivity contribution in [1.29, 1.82) is 0 Å². The Kier molecular flexibility index (Phi) is 15.1. The van der Waals surface area contributed by atoms with Crippen molar-refractivity contribution in [1.82, 2.24) is 0 Å². The van der Waals surface area contributed by atoms with E-state index in [0.717, 1.165) is 25.7 Å². The molecular weight excluding hydrogens is 436 g/mol. The van der Waals surface area contributed by atoms with Gasteiger partial charge in [0.05, 0.1) is 17.8 Å². The summed E-state index contributed by atoms with van der Waals surface area (Å²) in [5.74, 6) is -0.373. The number of esters is 1. The van der Waals surface area contributed by atoms with Crippen molar-refractivity contribution < 1.29 is 19.4 Å². The van der Waals surface area contributed by atoms with E-state index in [0.29, 0.717) is 31.6 Å². The maximum Gasteiger partial charge on any atom is 0.338 e. The van der Waals surface area contributed by atoms with Gasteiger partial charge in [-0.3, -0.25) is 0 Å². The Morgan fingerprint density at radius 1 is 0.743 bits per heavy atom. The largest absolute Gasteiger partial charge is 0.459 e. The molecule has 0 heterocycles. The van der Waals surface area contributed by atoms with Crippen LogP contribution in [0.1, 0.15) is 106 Å². The minimum Gasteiger partial charge on any atom is -0.459 e. The Balaban J connectivity index is 1.71. The first-order chi connectivity index (χ1) is 17.1. The number of rotatable bonds is 20. The fraction of sp³-hybridized carbons (Fsp3) is 0.581. The van der Waals surface area contributed by atoms with Gasteiger partial charge in [0.2, 0.25) is 0 Å². The van der Waals surface area contributed by atoms with Crippen molar-refractivity contribution in [2.75, 3.05) is 13.2 Å². The second-order valence-corrected chi connectivity index (χ2v) is 9.74. The van der Waals surface area contributed by atoms with E-state index in [1.54, 1.807) is 12.1 Å². The van der Waals surface area contributed by atoms with Gasteiger partial charge in [-0.2, -0.15) is 0 Å². The molecule has 0 spiro atoms. The van der Waals surface area contributed by atoms with Crippen molar-refractivity contribution in [2.45, 2.75) is 103 Å². The summed E-state index contributed by atoms with van der Waals surface area (Å²) in [6, 6.07) is 19.2. The number of hydrogen-bond acceptors (Lipinski definition) is 4. The maximum atomic E-state index is 12.4. The lowest BCUT2D eigenvalue weighted by molar-refractivity contribution is -0.0460. The number of ether oxygens (including phenoxy) is 2. The molecule has 4 nitrogen and oxygen atoms in total. The minimum absolute atomic E-state index is 0.0443. The molecule has 2 rings (SSSR count). The number of unbranched alkanes of at least 4 members (excludes halogenated alkanes) is 9. The SMILES string of the molecule is CCCCCCCCCCCC(O)(CCCCOCc1ccccc1)COC(=O)c1ccccc1. The molecule has 1 atom stereocenters. The minimum atomic E-state index is -0.981. The summed E-state index contributed by atoms with van der Waals surface area (Å²) in [4.78, 5) is 12.4. The monoisotopic (exact) mass is 482 g/mol. The molecule has 4 heteroatoms. The highest BCUT2D eigenvalue weighted by molar-refractivity contribution is 5.89. The first-order valence-corrected chi connectivity index (χ1v) is 13.7. The van der Waals surface area contributed by atoms with E-state index in [2.05, 4.69) is 19.1 Å². The van der Waals surface area contributed by atoms with Crippen molar-refractivity contribution in [3.8, 4) is 0 Å². The third-order valence-electron chi connectivity index (χ3n) is 6.52. The Morgan fingerprint density at radius 3 is 1.91 bits per heavy atom. The quantitative estimate of drug-likeness (QED) is 0.154. The van der Waals surface area contributed by atoms with E-state index in [1.807, 2.05) is 36.4 Å². The average molecular weight is 483 g/mol. The van der Waals surface area contributed by atoms with Gasteiger partial charge in [-0.05, 0) is 43.4 Å². The number of benzene rings is 2. The molecule has 0 fully saturated rings. The van der Waals surface area contributed by atoms with Gasteiger partial charge in [0.1, 0.15) is 6.61 Å². The van der Waals surface area contributed by atoms with Crippen molar-refractivity contribution in [2.24, 2.45) is 0 Å². The van der Waals surface area contributed by atoms with E-state index >= 15 is 0 Å². The van der Waals surface area contributed by atoms with Crippen LogP contribution in [0.25, 0.3) is 0 Å². The summed E-state index contributed by atoms with van der Waals surface area (Å²) in [7, 11) is 0. The smallest absolute Gasteiger partial charge is 0.338 e. The summed E-state index contributed by atoms with van der Waals surface area (Å²) in [6.45, 7) is 3.56. The van der Waals surface area contributed by atoms with E-state index in [4.69, 9.17) is 9.47 Å². The molecule has 1 N–H and O–H groups in total. The van der Waals surface area contributed by atoms with Crippen LogP contribution in [0.3, 0.4) is 0 Å². The highest BCUT2D eigenvalue weighted by Gasteiger charge is 2.28. The van der Waals surface area contributed by atoms with Gasteiger partial charge < -0.3 is 14.6 Å². The fourth-order valence-electron chi connectivity index (χ4n) is 4.31. The van der Waals surface area contributed by atoms with Crippen LogP contribution in [0.15, 0.2) is 60.7 Å². The average Bonchev–Trinajstić information content (AvgIpc) is 2.89. The van der Waals surface area contributed by atoms with E-state index in [9.17, 15) is 9.90 Å². The van der Waals surface area contributed by atoms with Crippen LogP contribution >= 0.6 is 0 Å². The van der Waals surface area contributed by atoms with Crippen LogP contribution in [0, 0.1) is 0 Å². The predicted octanol–water partition coefficient (Wildman–Crippen LogP) is 7.88. The first kappa shape index (κ1) is 29.1. The van der Waals surface area contributed by atoms with Crippen LogP contribution in [0.5, 0.6) is 0 Å². The lowest BCUT2D eigenvalue weighted by atomic mass is 9.91.